The van der Waals surface area contributed by atoms with Crippen LogP contribution in [0, 0.1) is 6.92 Å². The third-order valence-electron chi connectivity index (χ3n) is 2.43. The van der Waals surface area contributed by atoms with E-state index in [1.807, 2.05) is 31.2 Å². The summed E-state index contributed by atoms with van der Waals surface area (Å²) in [5.74, 6) is -0.234. The molecule has 2 aromatic rings. The molecular weight excluding hydrogens is 255 g/mol. The number of aryl methyl sites for hydroxylation is 1. The van der Waals surface area contributed by atoms with Crippen molar-refractivity contribution in [1.29, 1.82) is 0 Å². The summed E-state index contributed by atoms with van der Waals surface area (Å²) >= 11 is 0. The third-order valence-corrected chi connectivity index (χ3v) is 2.43. The second-order valence-electron chi connectivity index (χ2n) is 4.06. The fourth-order valence-electron chi connectivity index (χ4n) is 1.54. The summed E-state index contributed by atoms with van der Waals surface area (Å²) in [4.78, 5) is 0. The van der Waals surface area contributed by atoms with Crippen LogP contribution in [0.25, 0.3) is 0 Å². The Morgan fingerprint density at radius 1 is 0.842 bits per heavy atom. The standard InChI is InChI=1S/C14H12F3NO/c1-10-2-4-11(5-3-10)18-12-6-8-13(9-7-12)19-14(15,16)17/h2-9,18H,1H3. The molecule has 5 heteroatoms. The molecule has 0 amide bonds. The molecule has 0 saturated heterocycles. The van der Waals surface area contributed by atoms with Gasteiger partial charge in [0.1, 0.15) is 5.75 Å². The SMILES string of the molecule is Cc1ccc(Nc2ccc(OC(F)(F)F)cc2)cc1. The van der Waals surface area contributed by atoms with E-state index in [4.69, 9.17) is 0 Å². The zero-order valence-electron chi connectivity index (χ0n) is 10.2. The largest absolute Gasteiger partial charge is 0.573 e. The molecule has 0 radical (unpaired) electrons. The van der Waals surface area contributed by atoms with Crippen molar-refractivity contribution in [2.45, 2.75) is 13.3 Å². The van der Waals surface area contributed by atoms with Crippen molar-refractivity contribution >= 4 is 11.4 Å². The van der Waals surface area contributed by atoms with Crippen LogP contribution in [0.1, 0.15) is 5.56 Å². The number of ether oxygens (including phenoxy) is 1. The molecule has 0 atom stereocenters. The Bertz CT molecular complexity index is 532. The lowest BCUT2D eigenvalue weighted by molar-refractivity contribution is -0.274. The van der Waals surface area contributed by atoms with Crippen molar-refractivity contribution in [1.82, 2.24) is 0 Å². The van der Waals surface area contributed by atoms with Gasteiger partial charge in [-0.25, -0.2) is 0 Å². The summed E-state index contributed by atoms with van der Waals surface area (Å²) in [6.07, 6.45) is -4.66. The van der Waals surface area contributed by atoms with Crippen LogP contribution < -0.4 is 10.1 Å². The second-order valence-corrected chi connectivity index (χ2v) is 4.06. The van der Waals surface area contributed by atoms with Gasteiger partial charge in [0.25, 0.3) is 0 Å². The van der Waals surface area contributed by atoms with Gasteiger partial charge in [-0.1, -0.05) is 17.7 Å². The van der Waals surface area contributed by atoms with Crippen LogP contribution in [0.15, 0.2) is 48.5 Å². The summed E-state index contributed by atoms with van der Waals surface area (Å²) in [7, 11) is 0. The van der Waals surface area contributed by atoms with Crippen LogP contribution >= 0.6 is 0 Å². The molecule has 2 rings (SSSR count). The molecule has 0 saturated carbocycles. The Hall–Kier alpha value is -2.17. The van der Waals surface area contributed by atoms with E-state index in [0.29, 0.717) is 5.69 Å². The fourth-order valence-corrected chi connectivity index (χ4v) is 1.54. The predicted octanol–water partition coefficient (Wildman–Crippen LogP) is 4.64. The van der Waals surface area contributed by atoms with Gasteiger partial charge >= 0.3 is 6.36 Å². The van der Waals surface area contributed by atoms with Crippen LogP contribution in [0.4, 0.5) is 24.5 Å². The summed E-state index contributed by atoms with van der Waals surface area (Å²) in [6, 6.07) is 13.3. The fraction of sp³-hybridized carbons (Fsp3) is 0.143. The van der Waals surface area contributed by atoms with E-state index >= 15 is 0 Å². The molecule has 0 heterocycles. The number of benzene rings is 2. The smallest absolute Gasteiger partial charge is 0.406 e. The summed E-state index contributed by atoms with van der Waals surface area (Å²) in [5, 5.41) is 3.08. The summed E-state index contributed by atoms with van der Waals surface area (Å²) in [5.41, 5.74) is 2.70. The van der Waals surface area contributed by atoms with Crippen LogP contribution in [0.2, 0.25) is 0 Å². The highest BCUT2D eigenvalue weighted by Gasteiger charge is 2.30. The van der Waals surface area contributed by atoms with Gasteiger partial charge in [-0.15, -0.1) is 13.2 Å². The van der Waals surface area contributed by atoms with Crippen molar-refractivity contribution in [2.24, 2.45) is 0 Å². The maximum absolute atomic E-state index is 12.0. The maximum atomic E-state index is 12.0. The van der Waals surface area contributed by atoms with Crippen LogP contribution in [0.5, 0.6) is 5.75 Å². The highest BCUT2D eigenvalue weighted by atomic mass is 19.4. The highest BCUT2D eigenvalue weighted by molar-refractivity contribution is 5.60. The van der Waals surface area contributed by atoms with Crippen molar-refractivity contribution in [3.05, 3.63) is 54.1 Å². The lowest BCUT2D eigenvalue weighted by Crippen LogP contribution is -2.16. The quantitative estimate of drug-likeness (QED) is 0.874. The van der Waals surface area contributed by atoms with Gasteiger partial charge in [-0.2, -0.15) is 0 Å². The summed E-state index contributed by atoms with van der Waals surface area (Å²) < 4.78 is 39.8. The number of alkyl halides is 3. The van der Waals surface area contributed by atoms with E-state index in [1.54, 1.807) is 0 Å². The highest BCUT2D eigenvalue weighted by Crippen LogP contribution is 2.25. The molecule has 0 aliphatic rings. The first-order chi connectivity index (χ1) is 8.92. The lowest BCUT2D eigenvalue weighted by atomic mass is 10.2. The first-order valence-electron chi connectivity index (χ1n) is 5.62. The summed E-state index contributed by atoms with van der Waals surface area (Å²) in [6.45, 7) is 1.98. The number of rotatable bonds is 3. The number of hydrogen-bond acceptors (Lipinski definition) is 2. The normalized spacial score (nSPS) is 11.2. The van der Waals surface area contributed by atoms with Gasteiger partial charge < -0.3 is 10.1 Å². The van der Waals surface area contributed by atoms with Crippen LogP contribution in [-0.4, -0.2) is 6.36 Å². The number of hydrogen-bond donors (Lipinski definition) is 1. The zero-order chi connectivity index (χ0) is 13.9. The van der Waals surface area contributed by atoms with Crippen molar-refractivity contribution in [3.63, 3.8) is 0 Å². The van der Waals surface area contributed by atoms with E-state index in [9.17, 15) is 13.2 Å². The Morgan fingerprint density at radius 2 is 1.32 bits per heavy atom. The van der Waals surface area contributed by atoms with E-state index in [1.165, 1.54) is 24.3 Å². The Morgan fingerprint density at radius 3 is 1.79 bits per heavy atom. The minimum absolute atomic E-state index is 0.234. The first-order valence-corrected chi connectivity index (χ1v) is 5.62. The molecule has 0 spiro atoms. The average Bonchev–Trinajstić information content (AvgIpc) is 2.33. The minimum atomic E-state index is -4.66. The number of anilines is 2. The molecule has 0 unspecified atom stereocenters. The number of nitrogens with one attached hydrogen (secondary N) is 1. The Labute approximate surface area is 108 Å². The number of halogens is 3. The maximum Gasteiger partial charge on any atom is 0.573 e. The van der Waals surface area contributed by atoms with E-state index in [-0.39, 0.29) is 5.75 Å². The topological polar surface area (TPSA) is 21.3 Å². The van der Waals surface area contributed by atoms with Crippen LogP contribution in [0.3, 0.4) is 0 Å². The van der Waals surface area contributed by atoms with E-state index < -0.39 is 6.36 Å². The second kappa shape index (κ2) is 5.22. The molecule has 1 N–H and O–H groups in total. The molecule has 0 aliphatic heterocycles. The van der Waals surface area contributed by atoms with Crippen molar-refractivity contribution in [3.8, 4) is 5.75 Å². The van der Waals surface area contributed by atoms with Crippen LogP contribution in [-0.2, 0) is 0 Å². The molecule has 0 aromatic heterocycles. The van der Waals surface area contributed by atoms with Gasteiger partial charge in [0, 0.05) is 11.4 Å². The predicted molar refractivity (Wildman–Crippen MR) is 67.6 cm³/mol. The molecule has 2 aromatic carbocycles. The zero-order valence-corrected chi connectivity index (χ0v) is 10.2. The third kappa shape index (κ3) is 4.21. The molecular formula is C14H12F3NO. The molecule has 2 nitrogen and oxygen atoms in total. The Balaban J connectivity index is 2.04. The molecule has 0 bridgehead atoms. The van der Waals surface area contributed by atoms with Gasteiger partial charge in [0.2, 0.25) is 0 Å². The first kappa shape index (κ1) is 13.3. The van der Waals surface area contributed by atoms with Crippen molar-refractivity contribution < 1.29 is 17.9 Å². The van der Waals surface area contributed by atoms with Gasteiger partial charge in [0.15, 0.2) is 0 Å². The molecule has 100 valence electrons. The van der Waals surface area contributed by atoms with E-state index in [0.717, 1.165) is 11.3 Å². The van der Waals surface area contributed by atoms with Gasteiger partial charge in [0.05, 0.1) is 0 Å². The minimum Gasteiger partial charge on any atom is -0.406 e. The molecule has 19 heavy (non-hydrogen) atoms. The monoisotopic (exact) mass is 267 g/mol. The van der Waals surface area contributed by atoms with Gasteiger partial charge in [-0.05, 0) is 43.3 Å². The molecule has 0 fully saturated rings. The van der Waals surface area contributed by atoms with Gasteiger partial charge in [-0.3, -0.25) is 0 Å². The molecule has 0 aliphatic carbocycles. The lowest BCUT2D eigenvalue weighted by Gasteiger charge is -2.10. The average molecular weight is 267 g/mol. The van der Waals surface area contributed by atoms with Crippen molar-refractivity contribution in [2.75, 3.05) is 5.32 Å². The van der Waals surface area contributed by atoms with E-state index in [2.05, 4.69) is 10.1 Å². The Kier molecular flexibility index (Phi) is 3.64.